The largest absolute Gasteiger partial charge is 0.456 e. The molecule has 0 aliphatic carbocycles. The molecule has 0 N–H and O–H groups in total. The van der Waals surface area contributed by atoms with Crippen LogP contribution in [0.25, 0.3) is 99.6 Å². The van der Waals surface area contributed by atoms with Crippen LogP contribution in [0.15, 0.2) is 186 Å². The lowest BCUT2D eigenvalue weighted by atomic mass is 9.93. The minimum absolute atomic E-state index is 0.688. The standard InChI is InChI=1S/C48H30N2O/c1-2-13-35-29-36(28-23-31(35)11-1)48-49-43(34-26-24-33(25-27-34)38-19-9-14-32-12-3-4-15-37(32)38)30-44(50-48)40-17-6-5-16-39(40)41-20-10-22-46-47(41)42-18-7-8-21-45(42)51-46/h1-30H. The Morgan fingerprint density at radius 3 is 1.80 bits per heavy atom. The van der Waals surface area contributed by atoms with Crippen molar-refractivity contribution >= 4 is 43.5 Å². The van der Waals surface area contributed by atoms with Gasteiger partial charge < -0.3 is 4.42 Å². The van der Waals surface area contributed by atoms with Crippen LogP contribution in [0, 0.1) is 0 Å². The van der Waals surface area contributed by atoms with Crippen molar-refractivity contribution in [3.63, 3.8) is 0 Å². The van der Waals surface area contributed by atoms with Gasteiger partial charge >= 0.3 is 0 Å². The van der Waals surface area contributed by atoms with Crippen LogP contribution in [0.5, 0.6) is 0 Å². The third-order valence-corrected chi connectivity index (χ3v) is 9.91. The van der Waals surface area contributed by atoms with Gasteiger partial charge in [-0.3, -0.25) is 0 Å². The van der Waals surface area contributed by atoms with Gasteiger partial charge in [-0.1, -0.05) is 158 Å². The Kier molecular flexibility index (Phi) is 6.81. The summed E-state index contributed by atoms with van der Waals surface area (Å²) in [6.07, 6.45) is 0. The highest BCUT2D eigenvalue weighted by Gasteiger charge is 2.18. The molecule has 0 aliphatic rings. The Morgan fingerprint density at radius 1 is 0.333 bits per heavy atom. The van der Waals surface area contributed by atoms with Crippen LogP contribution in [0.2, 0.25) is 0 Å². The minimum Gasteiger partial charge on any atom is -0.456 e. The number of nitrogens with zero attached hydrogens (tertiary/aromatic N) is 2. The first-order valence-electron chi connectivity index (χ1n) is 17.2. The highest BCUT2D eigenvalue weighted by Crippen LogP contribution is 2.41. The maximum Gasteiger partial charge on any atom is 0.160 e. The summed E-state index contributed by atoms with van der Waals surface area (Å²) in [6, 6.07) is 63.9. The summed E-state index contributed by atoms with van der Waals surface area (Å²) in [4.78, 5) is 10.5. The maximum absolute atomic E-state index is 6.29. The average Bonchev–Trinajstić information content (AvgIpc) is 3.59. The predicted molar refractivity (Wildman–Crippen MR) is 212 cm³/mol. The molecule has 8 aromatic carbocycles. The zero-order valence-electron chi connectivity index (χ0n) is 27.6. The molecule has 10 rings (SSSR count). The molecule has 0 atom stereocenters. The number of hydrogen-bond donors (Lipinski definition) is 0. The number of furan rings is 1. The maximum atomic E-state index is 6.29. The van der Waals surface area contributed by atoms with Gasteiger partial charge in [-0.2, -0.15) is 0 Å². The molecule has 2 heterocycles. The first-order valence-corrected chi connectivity index (χ1v) is 17.2. The molecule has 10 aromatic rings. The summed E-state index contributed by atoms with van der Waals surface area (Å²) in [7, 11) is 0. The Hall–Kier alpha value is -6.84. The van der Waals surface area contributed by atoms with E-state index in [2.05, 4.69) is 164 Å². The van der Waals surface area contributed by atoms with Crippen molar-refractivity contribution in [3.8, 4) is 56.2 Å². The van der Waals surface area contributed by atoms with Crippen LogP contribution < -0.4 is 0 Å². The van der Waals surface area contributed by atoms with E-state index in [1.807, 2.05) is 18.2 Å². The van der Waals surface area contributed by atoms with E-state index in [-0.39, 0.29) is 0 Å². The lowest BCUT2D eigenvalue weighted by Gasteiger charge is -2.14. The van der Waals surface area contributed by atoms with Gasteiger partial charge in [0.1, 0.15) is 11.2 Å². The summed E-state index contributed by atoms with van der Waals surface area (Å²) < 4.78 is 6.29. The van der Waals surface area contributed by atoms with Gasteiger partial charge in [0, 0.05) is 27.5 Å². The van der Waals surface area contributed by atoms with Gasteiger partial charge in [-0.25, -0.2) is 9.97 Å². The predicted octanol–water partition coefficient (Wildman–Crippen LogP) is 13.0. The van der Waals surface area contributed by atoms with Crippen LogP contribution in [0.1, 0.15) is 0 Å². The Balaban J connectivity index is 1.16. The summed E-state index contributed by atoms with van der Waals surface area (Å²) >= 11 is 0. The Labute approximate surface area is 295 Å². The zero-order valence-corrected chi connectivity index (χ0v) is 27.6. The fourth-order valence-electron chi connectivity index (χ4n) is 7.43. The molecule has 0 bridgehead atoms. The fraction of sp³-hybridized carbons (Fsp3) is 0. The topological polar surface area (TPSA) is 38.9 Å². The van der Waals surface area contributed by atoms with Crippen molar-refractivity contribution in [2.45, 2.75) is 0 Å². The second-order valence-corrected chi connectivity index (χ2v) is 13.0. The quantitative estimate of drug-likeness (QED) is 0.186. The molecule has 3 nitrogen and oxygen atoms in total. The molecule has 0 amide bonds. The van der Waals surface area contributed by atoms with Crippen LogP contribution in [-0.4, -0.2) is 9.97 Å². The lowest BCUT2D eigenvalue weighted by molar-refractivity contribution is 0.669. The second-order valence-electron chi connectivity index (χ2n) is 13.0. The van der Waals surface area contributed by atoms with Gasteiger partial charge in [-0.05, 0) is 68.1 Å². The van der Waals surface area contributed by atoms with E-state index in [1.54, 1.807) is 0 Å². The van der Waals surface area contributed by atoms with Crippen LogP contribution in [0.4, 0.5) is 0 Å². The summed E-state index contributed by atoms with van der Waals surface area (Å²) in [5, 5.41) is 7.03. The van der Waals surface area contributed by atoms with Gasteiger partial charge in [0.15, 0.2) is 5.82 Å². The van der Waals surface area contributed by atoms with Crippen LogP contribution >= 0.6 is 0 Å². The van der Waals surface area contributed by atoms with Crippen molar-refractivity contribution in [1.82, 2.24) is 9.97 Å². The van der Waals surface area contributed by atoms with Gasteiger partial charge in [0.2, 0.25) is 0 Å². The monoisotopic (exact) mass is 650 g/mol. The zero-order chi connectivity index (χ0) is 33.7. The van der Waals surface area contributed by atoms with Crippen molar-refractivity contribution in [3.05, 3.63) is 182 Å². The van der Waals surface area contributed by atoms with E-state index < -0.39 is 0 Å². The molecular formula is C48H30N2O. The summed E-state index contributed by atoms with van der Waals surface area (Å²) in [6.45, 7) is 0. The van der Waals surface area contributed by atoms with E-state index in [9.17, 15) is 0 Å². The van der Waals surface area contributed by atoms with Gasteiger partial charge in [0.25, 0.3) is 0 Å². The molecule has 0 aliphatic heterocycles. The number of hydrogen-bond acceptors (Lipinski definition) is 3. The molecule has 0 saturated carbocycles. The third-order valence-electron chi connectivity index (χ3n) is 9.91. The lowest BCUT2D eigenvalue weighted by Crippen LogP contribution is -1.97. The molecular weight excluding hydrogens is 621 g/mol. The highest BCUT2D eigenvalue weighted by molar-refractivity contribution is 6.13. The molecule has 0 saturated heterocycles. The molecule has 0 unspecified atom stereocenters. The van der Waals surface area contributed by atoms with Gasteiger partial charge in [0.05, 0.1) is 11.4 Å². The number of aromatic nitrogens is 2. The van der Waals surface area contributed by atoms with E-state index in [0.29, 0.717) is 5.82 Å². The average molecular weight is 651 g/mol. The third kappa shape index (κ3) is 5.06. The first kappa shape index (κ1) is 29.1. The molecule has 0 spiro atoms. The number of fused-ring (bicyclic) bond motifs is 5. The summed E-state index contributed by atoms with van der Waals surface area (Å²) in [5.74, 6) is 0.688. The van der Waals surface area contributed by atoms with Crippen molar-refractivity contribution < 1.29 is 4.42 Å². The molecule has 2 aromatic heterocycles. The van der Waals surface area contributed by atoms with Gasteiger partial charge in [-0.15, -0.1) is 0 Å². The fourth-order valence-corrected chi connectivity index (χ4v) is 7.43. The SMILES string of the molecule is c1ccc(-c2cccc3oc4ccccc4c23)c(-c2cc(-c3ccc(-c4cccc5ccccc45)cc3)nc(-c3ccc4ccccc4c3)n2)c1. The Morgan fingerprint density at radius 2 is 0.922 bits per heavy atom. The van der Waals surface area contributed by atoms with Crippen molar-refractivity contribution in [2.24, 2.45) is 0 Å². The number of para-hydroxylation sites is 1. The Bertz CT molecular complexity index is 2910. The van der Waals surface area contributed by atoms with E-state index >= 15 is 0 Å². The normalized spacial score (nSPS) is 11.5. The number of rotatable bonds is 5. The van der Waals surface area contributed by atoms with Crippen LogP contribution in [-0.2, 0) is 0 Å². The second kappa shape index (κ2) is 11.9. The number of benzene rings is 8. The van der Waals surface area contributed by atoms with E-state index in [0.717, 1.165) is 66.5 Å². The highest BCUT2D eigenvalue weighted by atomic mass is 16.3. The first-order chi connectivity index (χ1) is 25.3. The molecule has 3 heteroatoms. The van der Waals surface area contributed by atoms with E-state index in [4.69, 9.17) is 14.4 Å². The van der Waals surface area contributed by atoms with Crippen LogP contribution in [0.3, 0.4) is 0 Å². The molecule has 238 valence electrons. The van der Waals surface area contributed by atoms with Crippen molar-refractivity contribution in [2.75, 3.05) is 0 Å². The summed E-state index contributed by atoms with van der Waals surface area (Å²) in [5.41, 5.74) is 11.1. The molecule has 0 fully saturated rings. The molecule has 0 radical (unpaired) electrons. The minimum atomic E-state index is 0.688. The smallest absolute Gasteiger partial charge is 0.160 e. The molecule has 51 heavy (non-hydrogen) atoms. The van der Waals surface area contributed by atoms with E-state index in [1.165, 1.54) is 27.3 Å². The van der Waals surface area contributed by atoms with Crippen molar-refractivity contribution in [1.29, 1.82) is 0 Å².